The zero-order chi connectivity index (χ0) is 18.7. The first-order chi connectivity index (χ1) is 12.5. The Morgan fingerprint density at radius 1 is 1.38 bits per heavy atom. The van der Waals surface area contributed by atoms with E-state index in [0.29, 0.717) is 22.4 Å². The van der Waals surface area contributed by atoms with Crippen LogP contribution in [0, 0.1) is 25.2 Å². The zero-order valence-electron chi connectivity index (χ0n) is 14.5. The summed E-state index contributed by atoms with van der Waals surface area (Å²) in [5.74, 6) is 0.997. The van der Waals surface area contributed by atoms with Gasteiger partial charge in [-0.25, -0.2) is 4.98 Å². The molecule has 6 heteroatoms. The van der Waals surface area contributed by atoms with Gasteiger partial charge in [-0.15, -0.1) is 11.3 Å². The van der Waals surface area contributed by atoms with Crippen LogP contribution in [-0.4, -0.2) is 16.6 Å². The van der Waals surface area contributed by atoms with Gasteiger partial charge in [-0.1, -0.05) is 24.8 Å². The second kappa shape index (κ2) is 7.38. The number of fused-ring (bicyclic) bond motifs is 1. The largest absolute Gasteiger partial charge is 0.490 e. The average molecular weight is 363 g/mol. The van der Waals surface area contributed by atoms with E-state index in [1.807, 2.05) is 38.1 Å². The molecule has 1 aromatic carbocycles. The monoisotopic (exact) mass is 363 g/mol. The Hall–Kier alpha value is -3.17. The molecule has 3 rings (SSSR count). The minimum Gasteiger partial charge on any atom is -0.490 e. The van der Waals surface area contributed by atoms with Gasteiger partial charge in [0.05, 0.1) is 11.0 Å². The first-order valence-corrected chi connectivity index (χ1v) is 8.81. The summed E-state index contributed by atoms with van der Waals surface area (Å²) in [6.07, 6.45) is 3.36. The minimum atomic E-state index is -0.221. The molecule has 0 aliphatic rings. The van der Waals surface area contributed by atoms with Crippen LogP contribution in [0.3, 0.4) is 0 Å². The smallest absolute Gasteiger partial charge is 0.260 e. The zero-order valence-corrected chi connectivity index (χ0v) is 15.3. The van der Waals surface area contributed by atoms with Gasteiger partial charge in [0.25, 0.3) is 5.56 Å². The van der Waals surface area contributed by atoms with Gasteiger partial charge in [0.2, 0.25) is 0 Å². The predicted octanol–water partition coefficient (Wildman–Crippen LogP) is 4.23. The van der Waals surface area contributed by atoms with Crippen molar-refractivity contribution in [1.29, 1.82) is 5.26 Å². The number of rotatable bonds is 5. The Bertz CT molecular complexity index is 1100. The standard InChI is InChI=1S/C20H17N3O2S/c1-4-9-25-16-7-5-14(6-8-16)10-15(11-21)18-22-19(24)17-12(2)13(3)26-20(17)23-18/h4-8,10H,1,9H2,2-3H3,(H,22,23,24). The molecule has 1 N–H and O–H groups in total. The van der Waals surface area contributed by atoms with Crippen molar-refractivity contribution in [2.75, 3.05) is 6.61 Å². The highest BCUT2D eigenvalue weighted by Gasteiger charge is 2.13. The summed E-state index contributed by atoms with van der Waals surface area (Å²) in [5.41, 5.74) is 1.82. The van der Waals surface area contributed by atoms with Crippen molar-refractivity contribution < 1.29 is 4.74 Å². The molecule has 0 fully saturated rings. The summed E-state index contributed by atoms with van der Waals surface area (Å²) in [6.45, 7) is 7.90. The molecule has 26 heavy (non-hydrogen) atoms. The van der Waals surface area contributed by atoms with Crippen LogP contribution in [0.1, 0.15) is 21.8 Å². The molecule has 0 atom stereocenters. The van der Waals surface area contributed by atoms with Crippen molar-refractivity contribution in [3.8, 4) is 11.8 Å². The fourth-order valence-corrected chi connectivity index (χ4v) is 3.55. The normalized spacial score (nSPS) is 11.3. The molecular formula is C20H17N3O2S. The van der Waals surface area contributed by atoms with Gasteiger partial charge in [0.1, 0.15) is 23.3 Å². The van der Waals surface area contributed by atoms with Gasteiger partial charge in [0.15, 0.2) is 5.82 Å². The molecule has 2 aromatic heterocycles. The minimum absolute atomic E-state index is 0.221. The Morgan fingerprint density at radius 2 is 2.12 bits per heavy atom. The first-order valence-electron chi connectivity index (χ1n) is 7.99. The molecule has 5 nitrogen and oxygen atoms in total. The molecule has 0 aliphatic carbocycles. The summed E-state index contributed by atoms with van der Waals surface area (Å²) >= 11 is 1.46. The maximum atomic E-state index is 12.4. The van der Waals surface area contributed by atoms with E-state index in [1.165, 1.54) is 11.3 Å². The number of hydrogen-bond donors (Lipinski definition) is 1. The maximum absolute atomic E-state index is 12.4. The Labute approximate surface area is 154 Å². The highest BCUT2D eigenvalue weighted by molar-refractivity contribution is 7.18. The number of hydrogen-bond acceptors (Lipinski definition) is 5. The van der Waals surface area contributed by atoms with Crippen LogP contribution >= 0.6 is 11.3 Å². The number of aromatic nitrogens is 2. The molecule has 0 saturated heterocycles. The van der Waals surface area contributed by atoms with Crippen LogP contribution in [0.2, 0.25) is 0 Å². The van der Waals surface area contributed by atoms with E-state index in [1.54, 1.807) is 12.2 Å². The van der Waals surface area contributed by atoms with Gasteiger partial charge in [-0.3, -0.25) is 4.79 Å². The van der Waals surface area contributed by atoms with Crippen LogP contribution in [0.4, 0.5) is 0 Å². The number of allylic oxidation sites excluding steroid dienone is 1. The second-order valence-corrected chi connectivity index (χ2v) is 6.92. The molecule has 2 heterocycles. The molecule has 0 radical (unpaired) electrons. The number of aromatic amines is 1. The van der Waals surface area contributed by atoms with Crippen LogP contribution in [0.25, 0.3) is 21.9 Å². The van der Waals surface area contributed by atoms with E-state index in [-0.39, 0.29) is 11.4 Å². The molecule has 0 unspecified atom stereocenters. The quantitative estimate of drug-likeness (QED) is 0.543. The number of nitrogens with zero attached hydrogens (tertiary/aromatic N) is 2. The van der Waals surface area contributed by atoms with E-state index in [4.69, 9.17) is 4.74 Å². The SMILES string of the molecule is C=CCOc1ccc(C=C(C#N)c2nc3sc(C)c(C)c3c(=O)[nH]2)cc1. The average Bonchev–Trinajstić information content (AvgIpc) is 2.93. The summed E-state index contributed by atoms with van der Waals surface area (Å²) in [4.78, 5) is 21.3. The number of aryl methyl sites for hydroxylation is 2. The lowest BCUT2D eigenvalue weighted by molar-refractivity contribution is 0.363. The number of thiophene rings is 1. The number of ether oxygens (including phenoxy) is 1. The molecule has 3 aromatic rings. The molecule has 0 saturated carbocycles. The molecule has 130 valence electrons. The summed E-state index contributed by atoms with van der Waals surface area (Å²) in [7, 11) is 0. The van der Waals surface area contributed by atoms with E-state index < -0.39 is 0 Å². The van der Waals surface area contributed by atoms with Crippen molar-refractivity contribution in [2.45, 2.75) is 13.8 Å². The Balaban J connectivity index is 1.99. The number of benzene rings is 1. The highest BCUT2D eigenvalue weighted by atomic mass is 32.1. The fraction of sp³-hybridized carbons (Fsp3) is 0.150. The number of nitrogens with one attached hydrogen (secondary N) is 1. The lowest BCUT2D eigenvalue weighted by Crippen LogP contribution is -2.10. The fourth-order valence-electron chi connectivity index (χ4n) is 2.52. The second-order valence-electron chi connectivity index (χ2n) is 5.72. The van der Waals surface area contributed by atoms with Gasteiger partial charge >= 0.3 is 0 Å². The lowest BCUT2D eigenvalue weighted by Gasteiger charge is -2.03. The third kappa shape index (κ3) is 3.44. The van der Waals surface area contributed by atoms with Gasteiger partial charge in [-0.2, -0.15) is 5.26 Å². The molecule has 0 spiro atoms. The molecular weight excluding hydrogens is 346 g/mol. The van der Waals surface area contributed by atoms with Crippen LogP contribution < -0.4 is 10.3 Å². The van der Waals surface area contributed by atoms with Crippen molar-refractivity contribution in [1.82, 2.24) is 9.97 Å². The summed E-state index contributed by atoms with van der Waals surface area (Å²) in [5, 5.41) is 10.1. The van der Waals surface area contributed by atoms with Crippen molar-refractivity contribution in [3.63, 3.8) is 0 Å². The van der Waals surface area contributed by atoms with E-state index >= 15 is 0 Å². The summed E-state index contributed by atoms with van der Waals surface area (Å²) < 4.78 is 5.44. The highest BCUT2D eigenvalue weighted by Crippen LogP contribution is 2.27. The van der Waals surface area contributed by atoms with Crippen LogP contribution in [0.15, 0.2) is 41.7 Å². The molecule has 0 bridgehead atoms. The van der Waals surface area contributed by atoms with Gasteiger partial charge in [0, 0.05) is 4.88 Å². The van der Waals surface area contributed by atoms with Crippen molar-refractivity contribution in [2.24, 2.45) is 0 Å². The van der Waals surface area contributed by atoms with Gasteiger partial charge < -0.3 is 9.72 Å². The topological polar surface area (TPSA) is 78.8 Å². The molecule has 0 aliphatic heterocycles. The first kappa shape index (κ1) is 17.6. The van der Waals surface area contributed by atoms with Crippen LogP contribution in [0.5, 0.6) is 5.75 Å². The van der Waals surface area contributed by atoms with E-state index in [0.717, 1.165) is 21.8 Å². The van der Waals surface area contributed by atoms with Crippen LogP contribution in [-0.2, 0) is 0 Å². The Kier molecular flexibility index (Phi) is 5.01. The third-order valence-electron chi connectivity index (χ3n) is 3.97. The molecule has 0 amide bonds. The maximum Gasteiger partial charge on any atom is 0.260 e. The number of H-pyrrole nitrogens is 1. The van der Waals surface area contributed by atoms with Crippen molar-refractivity contribution >= 4 is 33.2 Å². The number of nitriles is 1. The van der Waals surface area contributed by atoms with Crippen molar-refractivity contribution in [3.05, 3.63) is 69.1 Å². The summed E-state index contributed by atoms with van der Waals surface area (Å²) in [6, 6.07) is 9.43. The van der Waals surface area contributed by atoms with E-state index in [2.05, 4.69) is 22.6 Å². The lowest BCUT2D eigenvalue weighted by atomic mass is 10.1. The Morgan fingerprint density at radius 3 is 2.77 bits per heavy atom. The van der Waals surface area contributed by atoms with Gasteiger partial charge in [-0.05, 0) is 43.2 Å². The predicted molar refractivity (Wildman–Crippen MR) is 105 cm³/mol. The third-order valence-corrected chi connectivity index (χ3v) is 5.07. The van der Waals surface area contributed by atoms with E-state index in [9.17, 15) is 10.1 Å².